The van der Waals surface area contributed by atoms with Crippen molar-refractivity contribution in [2.75, 3.05) is 13.2 Å². The number of halogens is 3. The van der Waals surface area contributed by atoms with Crippen LogP contribution in [0.15, 0.2) is 36.5 Å². The lowest BCUT2D eigenvalue weighted by atomic mass is 10.2. The number of ether oxygens (including phenoxy) is 2. The van der Waals surface area contributed by atoms with E-state index in [4.69, 9.17) is 9.47 Å². The monoisotopic (exact) mass is 326 g/mol. The van der Waals surface area contributed by atoms with Crippen LogP contribution in [0.5, 0.6) is 0 Å². The van der Waals surface area contributed by atoms with Crippen molar-refractivity contribution in [3.63, 3.8) is 0 Å². The van der Waals surface area contributed by atoms with E-state index >= 15 is 0 Å². The average Bonchev–Trinajstić information content (AvgIpc) is 3.17. The first-order chi connectivity index (χ1) is 10.9. The zero-order chi connectivity index (χ0) is 16.4. The Morgan fingerprint density at radius 1 is 1.35 bits per heavy atom. The molecule has 2 heterocycles. The third kappa shape index (κ3) is 3.53. The minimum absolute atomic E-state index is 0.0364. The highest BCUT2D eigenvalue weighted by molar-refractivity contribution is 5.87. The van der Waals surface area contributed by atoms with Crippen LogP contribution in [0.1, 0.15) is 22.5 Å². The summed E-state index contributed by atoms with van der Waals surface area (Å²) >= 11 is 0. The summed E-state index contributed by atoms with van der Waals surface area (Å²) in [7, 11) is 0. The molecule has 122 valence electrons. The van der Waals surface area contributed by atoms with Crippen molar-refractivity contribution >= 4 is 5.97 Å². The van der Waals surface area contributed by atoms with E-state index < -0.39 is 17.7 Å². The van der Waals surface area contributed by atoms with Gasteiger partial charge in [-0.1, -0.05) is 6.07 Å². The van der Waals surface area contributed by atoms with Gasteiger partial charge in [-0.05, 0) is 24.3 Å². The Morgan fingerprint density at radius 2 is 2.17 bits per heavy atom. The van der Waals surface area contributed by atoms with Crippen LogP contribution in [0.2, 0.25) is 0 Å². The number of alkyl halides is 3. The number of rotatable bonds is 3. The molecule has 3 rings (SSSR count). The van der Waals surface area contributed by atoms with E-state index in [9.17, 15) is 18.0 Å². The molecule has 1 aromatic carbocycles. The van der Waals surface area contributed by atoms with Gasteiger partial charge in [0.1, 0.15) is 6.10 Å². The molecule has 0 bridgehead atoms. The topological polar surface area (TPSA) is 53.4 Å². The number of hydrogen-bond acceptors (Lipinski definition) is 4. The van der Waals surface area contributed by atoms with Gasteiger partial charge in [-0.3, -0.25) is 0 Å². The molecule has 1 aromatic heterocycles. The van der Waals surface area contributed by atoms with Gasteiger partial charge in [0.05, 0.1) is 24.5 Å². The molecule has 0 amide bonds. The maximum Gasteiger partial charge on any atom is 0.416 e. The smallest absolute Gasteiger partial charge is 0.416 e. The fourth-order valence-corrected chi connectivity index (χ4v) is 2.22. The van der Waals surface area contributed by atoms with Gasteiger partial charge < -0.3 is 9.47 Å². The molecular formula is C15H13F3N2O3. The van der Waals surface area contributed by atoms with Gasteiger partial charge in [0.15, 0.2) is 5.69 Å². The third-order valence-electron chi connectivity index (χ3n) is 3.40. The predicted octanol–water partition coefficient (Wildman–Crippen LogP) is 2.84. The van der Waals surface area contributed by atoms with Crippen LogP contribution >= 0.6 is 0 Å². The molecule has 0 N–H and O–H groups in total. The van der Waals surface area contributed by atoms with E-state index in [2.05, 4.69) is 5.10 Å². The molecule has 1 fully saturated rings. The molecular weight excluding hydrogens is 313 g/mol. The maximum absolute atomic E-state index is 12.7. The van der Waals surface area contributed by atoms with E-state index in [0.29, 0.717) is 19.6 Å². The van der Waals surface area contributed by atoms with Gasteiger partial charge in [0, 0.05) is 12.6 Å². The number of carbonyl (C=O) groups is 1. The molecule has 0 unspecified atom stereocenters. The van der Waals surface area contributed by atoms with Gasteiger partial charge in [0.2, 0.25) is 0 Å². The van der Waals surface area contributed by atoms with Crippen LogP contribution in [0.25, 0.3) is 5.69 Å². The Labute approximate surface area is 129 Å². The molecule has 1 aliphatic heterocycles. The van der Waals surface area contributed by atoms with E-state index in [1.807, 2.05) is 0 Å². The maximum atomic E-state index is 12.7. The zero-order valence-corrected chi connectivity index (χ0v) is 11.9. The minimum Gasteiger partial charge on any atom is -0.455 e. The van der Waals surface area contributed by atoms with Crippen molar-refractivity contribution in [2.24, 2.45) is 0 Å². The third-order valence-corrected chi connectivity index (χ3v) is 3.40. The Balaban J connectivity index is 1.77. The molecule has 0 saturated carbocycles. The summed E-state index contributed by atoms with van der Waals surface area (Å²) in [6.45, 7) is 0.886. The lowest BCUT2D eigenvalue weighted by Gasteiger charge is -2.09. The van der Waals surface area contributed by atoms with Gasteiger partial charge in [-0.15, -0.1) is 0 Å². The summed E-state index contributed by atoms with van der Waals surface area (Å²) in [4.78, 5) is 11.9. The van der Waals surface area contributed by atoms with Crippen molar-refractivity contribution in [2.45, 2.75) is 18.7 Å². The van der Waals surface area contributed by atoms with Crippen LogP contribution in [0.4, 0.5) is 13.2 Å². The normalized spacial score (nSPS) is 18.1. The summed E-state index contributed by atoms with van der Waals surface area (Å²) in [6.07, 6.45) is -2.70. The van der Waals surface area contributed by atoms with Crippen LogP contribution in [-0.2, 0) is 15.7 Å². The van der Waals surface area contributed by atoms with Gasteiger partial charge in [0.25, 0.3) is 0 Å². The first-order valence-electron chi connectivity index (χ1n) is 6.95. The van der Waals surface area contributed by atoms with Crippen molar-refractivity contribution in [1.82, 2.24) is 9.78 Å². The SMILES string of the molecule is O=C(O[C@@H]1CCOC1)c1ccn(-c2cccc(C(F)(F)F)c2)n1. The van der Waals surface area contributed by atoms with Crippen molar-refractivity contribution < 1.29 is 27.4 Å². The van der Waals surface area contributed by atoms with Crippen molar-refractivity contribution in [1.29, 1.82) is 0 Å². The molecule has 1 aliphatic rings. The molecule has 1 saturated heterocycles. The Kier molecular flexibility index (Phi) is 4.08. The molecule has 0 spiro atoms. The molecule has 23 heavy (non-hydrogen) atoms. The van der Waals surface area contributed by atoms with Crippen LogP contribution in [0.3, 0.4) is 0 Å². The standard InChI is InChI=1S/C15H13F3N2O3/c16-15(17,18)10-2-1-3-11(8-10)20-6-4-13(19-20)14(21)23-12-5-7-22-9-12/h1-4,6,8,12H,5,7,9H2/t12-/m1/s1. The second-order valence-corrected chi connectivity index (χ2v) is 5.08. The summed E-state index contributed by atoms with van der Waals surface area (Å²) < 4.78 is 49.7. The first-order valence-corrected chi connectivity index (χ1v) is 6.95. The Morgan fingerprint density at radius 3 is 2.87 bits per heavy atom. The molecule has 5 nitrogen and oxygen atoms in total. The van der Waals surface area contributed by atoms with Gasteiger partial charge >= 0.3 is 12.1 Å². The van der Waals surface area contributed by atoms with E-state index in [1.165, 1.54) is 29.1 Å². The van der Waals surface area contributed by atoms with Crippen molar-refractivity contribution in [3.8, 4) is 5.69 Å². The highest BCUT2D eigenvalue weighted by Gasteiger charge is 2.30. The summed E-state index contributed by atoms with van der Waals surface area (Å²) in [5.41, 5.74) is -0.532. The number of carbonyl (C=O) groups excluding carboxylic acids is 1. The minimum atomic E-state index is -4.44. The molecule has 0 radical (unpaired) electrons. The number of nitrogens with zero attached hydrogens (tertiary/aromatic N) is 2. The fourth-order valence-electron chi connectivity index (χ4n) is 2.22. The molecule has 0 aliphatic carbocycles. The molecule has 8 heteroatoms. The van der Waals surface area contributed by atoms with Crippen molar-refractivity contribution in [3.05, 3.63) is 47.8 Å². The van der Waals surface area contributed by atoms with E-state index in [0.717, 1.165) is 12.1 Å². The summed E-state index contributed by atoms with van der Waals surface area (Å²) in [5.74, 6) is -0.619. The number of aromatic nitrogens is 2. The second kappa shape index (κ2) is 6.04. The Hall–Kier alpha value is -2.35. The average molecular weight is 326 g/mol. The zero-order valence-electron chi connectivity index (χ0n) is 11.9. The van der Waals surface area contributed by atoms with E-state index in [-0.39, 0.29) is 17.5 Å². The first kappa shape index (κ1) is 15.5. The lowest BCUT2D eigenvalue weighted by Crippen LogP contribution is -2.18. The summed E-state index contributed by atoms with van der Waals surface area (Å²) in [6, 6.07) is 6.10. The number of hydrogen-bond donors (Lipinski definition) is 0. The predicted molar refractivity (Wildman–Crippen MR) is 73.2 cm³/mol. The number of benzene rings is 1. The van der Waals surface area contributed by atoms with Crippen LogP contribution < -0.4 is 0 Å². The fraction of sp³-hybridized carbons (Fsp3) is 0.333. The summed E-state index contributed by atoms with van der Waals surface area (Å²) in [5, 5.41) is 3.98. The largest absolute Gasteiger partial charge is 0.455 e. The molecule has 1 atom stereocenters. The second-order valence-electron chi connectivity index (χ2n) is 5.08. The van der Waals surface area contributed by atoms with Gasteiger partial charge in [-0.25, -0.2) is 9.48 Å². The highest BCUT2D eigenvalue weighted by Crippen LogP contribution is 2.30. The number of esters is 1. The lowest BCUT2D eigenvalue weighted by molar-refractivity contribution is -0.137. The van der Waals surface area contributed by atoms with Crippen LogP contribution in [-0.4, -0.2) is 35.1 Å². The quantitative estimate of drug-likeness (QED) is 0.814. The highest BCUT2D eigenvalue weighted by atomic mass is 19.4. The Bertz CT molecular complexity index is 706. The van der Waals surface area contributed by atoms with E-state index in [1.54, 1.807) is 0 Å². The van der Waals surface area contributed by atoms with Gasteiger partial charge in [-0.2, -0.15) is 18.3 Å². The van der Waals surface area contributed by atoms with Crippen LogP contribution in [0, 0.1) is 0 Å². The molecule has 2 aromatic rings.